The molecule has 0 aliphatic carbocycles. The Hall–Kier alpha value is -3.25. The molecule has 1 aromatic carbocycles. The number of Topliss-reactive ketones (excluding diaryl/α,β-unsaturated/α-hetero) is 1. The summed E-state index contributed by atoms with van der Waals surface area (Å²) >= 11 is 0. The number of aryl methyl sites for hydroxylation is 1. The van der Waals surface area contributed by atoms with Gasteiger partial charge in [0, 0.05) is 36.5 Å². The minimum Gasteiger partial charge on any atom is -0.298 e. The molecule has 0 N–H and O–H groups in total. The first-order valence-corrected chi connectivity index (χ1v) is 12.8. The smallest absolute Gasteiger partial charge is 0.298 e. The van der Waals surface area contributed by atoms with Gasteiger partial charge in [-0.25, -0.2) is 17.2 Å². The van der Waals surface area contributed by atoms with Crippen LogP contribution in [-0.4, -0.2) is 46.7 Å². The highest BCUT2D eigenvalue weighted by atomic mass is 32.2. The zero-order valence-electron chi connectivity index (χ0n) is 19.5. The fourth-order valence-electron chi connectivity index (χ4n) is 4.27. The molecule has 0 unspecified atom stereocenters. The second kappa shape index (κ2) is 10.3. The summed E-state index contributed by atoms with van der Waals surface area (Å²) in [5.41, 5.74) is 0.325. The molecule has 0 radical (unpaired) electrons. The first kappa shape index (κ1) is 26.8. The standard InChI is InChI=1S/C25H22F5N3O3S/c1-15-21(27)13-23(33(15)37(35,36)20-6-3-18(26)4-7-20)24(34)9-5-19-12-16(10-11-31-19)22-8-2-17(14-32-22)25(28,29)30/h2-4,6-8,10-12,14-15,21,23H,5,9,13H2,1H3/t15-,21+,23-/m0/s1. The van der Waals surface area contributed by atoms with Crippen molar-refractivity contribution in [2.75, 3.05) is 0 Å². The van der Waals surface area contributed by atoms with Gasteiger partial charge in [-0.2, -0.15) is 17.5 Å². The van der Waals surface area contributed by atoms with Crippen LogP contribution in [0.1, 0.15) is 31.0 Å². The number of pyridine rings is 2. The number of sulfonamides is 1. The molecule has 1 fully saturated rings. The van der Waals surface area contributed by atoms with Crippen molar-refractivity contribution in [1.29, 1.82) is 0 Å². The number of carbonyl (C=O) groups is 1. The maximum atomic E-state index is 14.6. The maximum Gasteiger partial charge on any atom is 0.417 e. The Bertz CT molecular complexity index is 1380. The quantitative estimate of drug-likeness (QED) is 0.395. The number of carbonyl (C=O) groups excluding carboxylic acids is 1. The van der Waals surface area contributed by atoms with Crippen molar-refractivity contribution in [3.05, 3.63) is 78.0 Å². The molecule has 12 heteroatoms. The monoisotopic (exact) mass is 539 g/mol. The fraction of sp³-hybridized carbons (Fsp3) is 0.320. The van der Waals surface area contributed by atoms with E-state index in [1.165, 1.54) is 19.2 Å². The molecular weight excluding hydrogens is 517 g/mol. The van der Waals surface area contributed by atoms with E-state index in [4.69, 9.17) is 0 Å². The highest BCUT2D eigenvalue weighted by Gasteiger charge is 2.48. The molecule has 0 amide bonds. The summed E-state index contributed by atoms with van der Waals surface area (Å²) in [5, 5.41) is 0. The number of aromatic nitrogens is 2. The van der Waals surface area contributed by atoms with E-state index < -0.39 is 51.6 Å². The Morgan fingerprint density at radius 3 is 2.41 bits per heavy atom. The normalized spacial score (nSPS) is 20.8. The second-order valence-electron chi connectivity index (χ2n) is 8.73. The summed E-state index contributed by atoms with van der Waals surface area (Å²) in [6.07, 6.45) is -4.27. The van der Waals surface area contributed by atoms with Crippen LogP contribution in [0.15, 0.2) is 65.8 Å². The molecular formula is C25H22F5N3O3S. The zero-order chi connectivity index (χ0) is 27.0. The average molecular weight is 540 g/mol. The zero-order valence-corrected chi connectivity index (χ0v) is 20.3. The van der Waals surface area contributed by atoms with Gasteiger partial charge in [-0.3, -0.25) is 14.8 Å². The SMILES string of the molecule is C[C@H]1[C@H](F)C[C@@H](C(=O)CCc2cc(-c3ccc(C(F)(F)F)cn3)ccn2)N1S(=O)(=O)c1ccc(F)cc1. The molecule has 3 atom stereocenters. The lowest BCUT2D eigenvalue weighted by Crippen LogP contribution is -2.44. The van der Waals surface area contributed by atoms with Gasteiger partial charge in [0.2, 0.25) is 10.0 Å². The number of halogens is 5. The molecule has 37 heavy (non-hydrogen) atoms. The van der Waals surface area contributed by atoms with Crippen LogP contribution in [0.2, 0.25) is 0 Å². The Morgan fingerprint density at radius 1 is 1.08 bits per heavy atom. The number of nitrogens with zero attached hydrogens (tertiary/aromatic N) is 3. The number of benzene rings is 1. The van der Waals surface area contributed by atoms with Crippen molar-refractivity contribution in [3.63, 3.8) is 0 Å². The highest BCUT2D eigenvalue weighted by Crippen LogP contribution is 2.34. The predicted molar refractivity (Wildman–Crippen MR) is 124 cm³/mol. The summed E-state index contributed by atoms with van der Waals surface area (Å²) in [4.78, 5) is 20.8. The Balaban J connectivity index is 1.49. The third-order valence-corrected chi connectivity index (χ3v) is 8.28. The van der Waals surface area contributed by atoms with Gasteiger partial charge in [-0.05, 0) is 61.9 Å². The Labute approximate surface area is 210 Å². The first-order valence-electron chi connectivity index (χ1n) is 11.3. The minimum absolute atomic E-state index is 0.0968. The number of ketones is 1. The molecule has 2 aromatic heterocycles. The van der Waals surface area contributed by atoms with Crippen LogP contribution in [0.3, 0.4) is 0 Å². The average Bonchev–Trinajstić information content (AvgIpc) is 3.17. The van der Waals surface area contributed by atoms with E-state index in [0.29, 0.717) is 11.3 Å². The summed E-state index contributed by atoms with van der Waals surface area (Å²) < 4.78 is 93.4. The predicted octanol–water partition coefficient (Wildman–Crippen LogP) is 4.99. The maximum absolute atomic E-state index is 14.6. The lowest BCUT2D eigenvalue weighted by atomic mass is 10.0. The molecule has 1 aliphatic rings. The Kier molecular flexibility index (Phi) is 7.43. The van der Waals surface area contributed by atoms with Crippen molar-refractivity contribution < 1.29 is 35.2 Å². The molecule has 196 valence electrons. The van der Waals surface area contributed by atoms with Gasteiger partial charge < -0.3 is 0 Å². The van der Waals surface area contributed by atoms with Gasteiger partial charge in [-0.1, -0.05) is 0 Å². The number of hydrogen-bond donors (Lipinski definition) is 0. The third-order valence-electron chi connectivity index (χ3n) is 6.27. The number of rotatable bonds is 7. The van der Waals surface area contributed by atoms with E-state index in [0.717, 1.165) is 40.8 Å². The van der Waals surface area contributed by atoms with E-state index >= 15 is 0 Å². The van der Waals surface area contributed by atoms with Crippen molar-refractivity contribution >= 4 is 15.8 Å². The molecule has 0 spiro atoms. The van der Waals surface area contributed by atoms with Gasteiger partial charge in [0.1, 0.15) is 12.0 Å². The van der Waals surface area contributed by atoms with E-state index in [1.54, 1.807) is 12.1 Å². The molecule has 3 heterocycles. The molecule has 3 aromatic rings. The van der Waals surface area contributed by atoms with Gasteiger partial charge in [0.05, 0.1) is 28.2 Å². The molecule has 0 bridgehead atoms. The van der Waals surface area contributed by atoms with Gasteiger partial charge in [-0.15, -0.1) is 0 Å². The van der Waals surface area contributed by atoms with Crippen LogP contribution in [0.25, 0.3) is 11.3 Å². The molecule has 0 saturated carbocycles. The summed E-state index contributed by atoms with van der Waals surface area (Å²) in [6, 6.07) is 7.03. The van der Waals surface area contributed by atoms with Crippen molar-refractivity contribution in [3.8, 4) is 11.3 Å². The number of alkyl halides is 4. The van der Waals surface area contributed by atoms with Crippen LogP contribution in [0.4, 0.5) is 22.0 Å². The number of hydrogen-bond acceptors (Lipinski definition) is 5. The second-order valence-corrected chi connectivity index (χ2v) is 10.6. The molecule has 1 saturated heterocycles. The third kappa shape index (κ3) is 5.69. The van der Waals surface area contributed by atoms with E-state index in [9.17, 15) is 35.2 Å². The van der Waals surface area contributed by atoms with Crippen molar-refractivity contribution in [2.24, 2.45) is 0 Å². The fourth-order valence-corrected chi connectivity index (χ4v) is 6.10. The van der Waals surface area contributed by atoms with Crippen LogP contribution >= 0.6 is 0 Å². The lowest BCUT2D eigenvalue weighted by molar-refractivity contribution is -0.137. The lowest BCUT2D eigenvalue weighted by Gasteiger charge is -2.26. The minimum atomic E-state index is -4.51. The Morgan fingerprint density at radius 2 is 1.78 bits per heavy atom. The van der Waals surface area contributed by atoms with Crippen LogP contribution in [-0.2, 0) is 27.4 Å². The van der Waals surface area contributed by atoms with Gasteiger partial charge in [0.15, 0.2) is 5.78 Å². The topological polar surface area (TPSA) is 80.2 Å². The van der Waals surface area contributed by atoms with Gasteiger partial charge in [0.25, 0.3) is 0 Å². The van der Waals surface area contributed by atoms with E-state index in [1.807, 2.05) is 0 Å². The van der Waals surface area contributed by atoms with Crippen molar-refractivity contribution in [1.82, 2.24) is 14.3 Å². The first-order chi connectivity index (χ1) is 17.4. The summed E-state index contributed by atoms with van der Waals surface area (Å²) in [5.74, 6) is -1.14. The van der Waals surface area contributed by atoms with E-state index in [2.05, 4.69) is 9.97 Å². The van der Waals surface area contributed by atoms with Crippen LogP contribution < -0.4 is 0 Å². The largest absolute Gasteiger partial charge is 0.417 e. The van der Waals surface area contributed by atoms with Gasteiger partial charge >= 0.3 is 6.18 Å². The van der Waals surface area contributed by atoms with Crippen LogP contribution in [0.5, 0.6) is 0 Å². The van der Waals surface area contributed by atoms with Crippen LogP contribution in [0, 0.1) is 5.82 Å². The highest BCUT2D eigenvalue weighted by molar-refractivity contribution is 7.89. The van der Waals surface area contributed by atoms with E-state index in [-0.39, 0.29) is 29.9 Å². The molecule has 4 rings (SSSR count). The molecule has 6 nitrogen and oxygen atoms in total. The van der Waals surface area contributed by atoms with Crippen molar-refractivity contribution in [2.45, 2.75) is 55.5 Å². The summed E-state index contributed by atoms with van der Waals surface area (Å²) in [7, 11) is -4.27. The summed E-state index contributed by atoms with van der Waals surface area (Å²) in [6.45, 7) is 1.38. The molecule has 1 aliphatic heterocycles.